The van der Waals surface area contributed by atoms with Gasteiger partial charge in [-0.05, 0) is 17.7 Å². The van der Waals surface area contributed by atoms with Crippen LogP contribution in [0.15, 0.2) is 30.8 Å². The van der Waals surface area contributed by atoms with Gasteiger partial charge < -0.3 is 9.16 Å². The lowest BCUT2D eigenvalue weighted by molar-refractivity contribution is 0.229. The second-order valence-electron chi connectivity index (χ2n) is 2.61. The Morgan fingerprint density at radius 3 is 2.46 bits per heavy atom. The molecule has 0 saturated carbocycles. The Balaban J connectivity index is 2.44. The van der Waals surface area contributed by atoms with Gasteiger partial charge in [-0.25, -0.2) is 0 Å². The predicted octanol–water partition coefficient (Wildman–Crippen LogP) is 1.01. The summed E-state index contributed by atoms with van der Waals surface area (Å²) in [6.07, 6.45) is 1.81. The molecule has 0 fully saturated rings. The number of hydrogen-bond donors (Lipinski definition) is 0. The third kappa shape index (κ3) is 3.44. The van der Waals surface area contributed by atoms with Crippen molar-refractivity contribution in [2.45, 2.75) is 0 Å². The fraction of sp³-hybridized carbons (Fsp3) is 0.200. The van der Waals surface area contributed by atoms with Crippen LogP contribution in [0.2, 0.25) is 0 Å². The maximum absolute atomic E-state index is 5.41. The summed E-state index contributed by atoms with van der Waals surface area (Å²) in [5.74, 6) is 0.879. The molecule has 0 heterocycles. The van der Waals surface area contributed by atoms with Gasteiger partial charge in [0.2, 0.25) is 0 Å². The number of hydrogen-bond acceptors (Lipinski definition) is 2. The van der Waals surface area contributed by atoms with Gasteiger partial charge in [-0.15, -0.1) is 0 Å². The average molecular weight is 194 g/mol. The van der Waals surface area contributed by atoms with Crippen LogP contribution in [-0.4, -0.2) is 23.7 Å². The lowest BCUT2D eigenvalue weighted by atomic mass is 10.2. The highest BCUT2D eigenvalue weighted by Crippen LogP contribution is 2.12. The molecule has 0 amide bonds. The van der Waals surface area contributed by atoms with Crippen LogP contribution >= 0.6 is 0 Å². The molecular weight excluding hydrogens is 180 g/mol. The van der Waals surface area contributed by atoms with E-state index in [4.69, 9.17) is 9.16 Å². The topological polar surface area (TPSA) is 18.5 Å². The van der Waals surface area contributed by atoms with Crippen molar-refractivity contribution in [3.05, 3.63) is 36.4 Å². The molecule has 13 heavy (non-hydrogen) atoms. The summed E-state index contributed by atoms with van der Waals surface area (Å²) in [6.45, 7) is 4.98. The van der Waals surface area contributed by atoms with Gasteiger partial charge >= 0.3 is 0 Å². The lowest BCUT2D eigenvalue weighted by Crippen LogP contribution is -2.04. The van der Waals surface area contributed by atoms with Gasteiger partial charge in [0.05, 0.1) is 6.61 Å². The zero-order chi connectivity index (χ0) is 9.52. The Hall–Kier alpha value is -1.06. The Morgan fingerprint density at radius 1 is 1.23 bits per heavy atom. The van der Waals surface area contributed by atoms with Crippen molar-refractivity contribution in [1.29, 1.82) is 0 Å². The van der Waals surface area contributed by atoms with Crippen molar-refractivity contribution in [2.75, 3.05) is 13.2 Å². The first-order valence-corrected chi connectivity index (χ1v) is 5.02. The van der Waals surface area contributed by atoms with E-state index in [9.17, 15) is 0 Å². The minimum absolute atomic E-state index is 0.622. The van der Waals surface area contributed by atoms with Gasteiger partial charge in [0.25, 0.3) is 0 Å². The summed E-state index contributed by atoms with van der Waals surface area (Å²) >= 11 is 0. The van der Waals surface area contributed by atoms with Crippen molar-refractivity contribution in [3.8, 4) is 5.75 Å². The van der Waals surface area contributed by atoms with Crippen LogP contribution in [0.1, 0.15) is 5.56 Å². The summed E-state index contributed by atoms with van der Waals surface area (Å²) in [5.41, 5.74) is 1.10. The predicted molar refractivity (Wildman–Crippen MR) is 57.9 cm³/mol. The summed E-state index contributed by atoms with van der Waals surface area (Å²) in [7, 11) is 0.771. The minimum Gasteiger partial charge on any atom is -0.491 e. The zero-order valence-corrected chi connectivity index (χ0v) is 9.82. The van der Waals surface area contributed by atoms with Gasteiger partial charge in [0, 0.05) is 0 Å². The highest BCUT2D eigenvalue weighted by atomic mass is 28.2. The third-order valence-corrected chi connectivity index (χ3v) is 2.08. The van der Waals surface area contributed by atoms with E-state index in [1.807, 2.05) is 30.3 Å². The standard InChI is InChI=1S/C10H14O2Si/c1-2-9-3-5-10(6-4-9)11-7-8-12-13/h2-6H,1,7-8H2,13H3. The quantitative estimate of drug-likeness (QED) is 0.514. The molecule has 0 aliphatic rings. The summed E-state index contributed by atoms with van der Waals surface area (Å²) in [4.78, 5) is 0. The monoisotopic (exact) mass is 194 g/mol. The average Bonchev–Trinajstić information content (AvgIpc) is 2.19. The van der Waals surface area contributed by atoms with E-state index in [0.29, 0.717) is 13.2 Å². The van der Waals surface area contributed by atoms with Crippen molar-refractivity contribution in [3.63, 3.8) is 0 Å². The molecule has 1 aromatic carbocycles. The SMILES string of the molecule is C=Cc1ccc(OCCO[SiH3])cc1. The zero-order valence-electron chi connectivity index (χ0n) is 7.82. The molecule has 0 bridgehead atoms. The third-order valence-electron chi connectivity index (χ3n) is 1.67. The van der Waals surface area contributed by atoms with Gasteiger partial charge in [-0.2, -0.15) is 0 Å². The summed E-state index contributed by atoms with van der Waals surface area (Å²) in [5, 5.41) is 0. The van der Waals surface area contributed by atoms with E-state index in [1.165, 1.54) is 0 Å². The first-order chi connectivity index (χ1) is 6.36. The molecule has 0 radical (unpaired) electrons. The molecule has 0 N–H and O–H groups in total. The van der Waals surface area contributed by atoms with E-state index >= 15 is 0 Å². The molecule has 2 nitrogen and oxygen atoms in total. The second kappa shape index (κ2) is 5.56. The Morgan fingerprint density at radius 2 is 1.92 bits per heavy atom. The van der Waals surface area contributed by atoms with Crippen molar-refractivity contribution in [2.24, 2.45) is 0 Å². The molecule has 1 aromatic rings. The smallest absolute Gasteiger partial charge is 0.146 e. The Bertz CT molecular complexity index is 256. The Labute approximate surface area is 81.7 Å². The van der Waals surface area contributed by atoms with Gasteiger partial charge in [-0.3, -0.25) is 0 Å². The molecule has 0 saturated heterocycles. The van der Waals surface area contributed by atoms with Crippen molar-refractivity contribution >= 4 is 16.6 Å². The van der Waals surface area contributed by atoms with Crippen LogP contribution in [0.3, 0.4) is 0 Å². The lowest BCUT2D eigenvalue weighted by Gasteiger charge is -2.05. The molecule has 3 heteroatoms. The Kier molecular flexibility index (Phi) is 4.29. The molecule has 1 rings (SSSR count). The number of rotatable bonds is 5. The maximum atomic E-state index is 5.41. The first-order valence-electron chi connectivity index (χ1n) is 4.21. The highest BCUT2D eigenvalue weighted by Gasteiger charge is 1.91. The van der Waals surface area contributed by atoms with E-state index in [0.717, 1.165) is 21.8 Å². The molecule has 0 aliphatic carbocycles. The van der Waals surface area contributed by atoms with E-state index in [2.05, 4.69) is 6.58 Å². The van der Waals surface area contributed by atoms with Crippen molar-refractivity contribution in [1.82, 2.24) is 0 Å². The molecular formula is C10H14O2Si. The summed E-state index contributed by atoms with van der Waals surface area (Å²) < 4.78 is 10.4. The molecule has 0 atom stereocenters. The maximum Gasteiger partial charge on any atom is 0.146 e. The summed E-state index contributed by atoms with van der Waals surface area (Å²) in [6, 6.07) is 7.82. The van der Waals surface area contributed by atoms with Crippen LogP contribution < -0.4 is 4.74 Å². The van der Waals surface area contributed by atoms with Crippen LogP contribution in [0.25, 0.3) is 6.08 Å². The first kappa shape index (κ1) is 10.0. The normalized spacial score (nSPS) is 9.85. The van der Waals surface area contributed by atoms with Crippen LogP contribution in [0, 0.1) is 0 Å². The minimum atomic E-state index is 0.622. The van der Waals surface area contributed by atoms with E-state index in [-0.39, 0.29) is 0 Å². The van der Waals surface area contributed by atoms with Gasteiger partial charge in [0.15, 0.2) is 0 Å². The van der Waals surface area contributed by atoms with Gasteiger partial charge in [0.1, 0.15) is 22.8 Å². The van der Waals surface area contributed by atoms with Crippen LogP contribution in [0.5, 0.6) is 5.75 Å². The van der Waals surface area contributed by atoms with Gasteiger partial charge in [-0.1, -0.05) is 24.8 Å². The molecule has 70 valence electrons. The number of ether oxygens (including phenoxy) is 1. The second-order valence-corrected chi connectivity index (χ2v) is 3.19. The molecule has 0 spiro atoms. The highest BCUT2D eigenvalue weighted by molar-refractivity contribution is 5.97. The van der Waals surface area contributed by atoms with E-state index < -0.39 is 0 Å². The van der Waals surface area contributed by atoms with Crippen LogP contribution in [-0.2, 0) is 4.43 Å². The fourth-order valence-corrected chi connectivity index (χ4v) is 1.11. The van der Waals surface area contributed by atoms with Crippen molar-refractivity contribution < 1.29 is 9.16 Å². The molecule has 0 aromatic heterocycles. The molecule has 0 unspecified atom stereocenters. The van der Waals surface area contributed by atoms with E-state index in [1.54, 1.807) is 0 Å². The fourth-order valence-electron chi connectivity index (χ4n) is 0.943. The molecule has 0 aliphatic heterocycles. The largest absolute Gasteiger partial charge is 0.491 e. The number of benzene rings is 1. The van der Waals surface area contributed by atoms with Crippen LogP contribution in [0.4, 0.5) is 0 Å².